The molecule has 0 spiro atoms. The lowest BCUT2D eigenvalue weighted by molar-refractivity contribution is 0.555. The summed E-state index contributed by atoms with van der Waals surface area (Å²) in [6.07, 6.45) is 3.63. The number of hydrogen-bond donors (Lipinski definition) is 0. The molecule has 1 aromatic carbocycles. The van der Waals surface area contributed by atoms with Crippen LogP contribution in [0.1, 0.15) is 43.7 Å². The molecule has 1 aliphatic rings. The molecule has 1 saturated carbocycles. The largest absolute Gasteiger partial charge is 0.235 e. The van der Waals surface area contributed by atoms with Crippen LogP contribution in [0.15, 0.2) is 27.7 Å². The number of isocyanates is 1. The fourth-order valence-corrected chi connectivity index (χ4v) is 2.44. The molecule has 1 aliphatic carbocycles. The predicted molar refractivity (Wildman–Crippen MR) is 67.3 cm³/mol. The Morgan fingerprint density at radius 1 is 1.44 bits per heavy atom. The topological polar surface area (TPSA) is 29.4 Å². The third-order valence-corrected chi connectivity index (χ3v) is 3.62. The van der Waals surface area contributed by atoms with Gasteiger partial charge >= 0.3 is 0 Å². The van der Waals surface area contributed by atoms with Crippen LogP contribution in [0.2, 0.25) is 0 Å². The number of hydrogen-bond acceptors (Lipinski definition) is 2. The number of aliphatic imine (C=N–C) groups is 1. The fourth-order valence-electron chi connectivity index (χ4n) is 2.08. The summed E-state index contributed by atoms with van der Waals surface area (Å²) in [5.41, 5.74) is 2.19. The van der Waals surface area contributed by atoms with Gasteiger partial charge in [0.05, 0.1) is 5.54 Å². The lowest BCUT2D eigenvalue weighted by atomic mass is 9.92. The minimum atomic E-state index is -0.273. The Balaban J connectivity index is 2.54. The number of rotatable bonds is 3. The highest BCUT2D eigenvalue weighted by Gasteiger charge is 2.46. The van der Waals surface area contributed by atoms with Gasteiger partial charge in [0.25, 0.3) is 0 Å². The number of halogens is 1. The van der Waals surface area contributed by atoms with Gasteiger partial charge in [-0.25, -0.2) is 4.79 Å². The van der Waals surface area contributed by atoms with Crippen molar-refractivity contribution in [2.24, 2.45) is 4.99 Å². The van der Waals surface area contributed by atoms with Gasteiger partial charge in [-0.2, -0.15) is 4.99 Å². The Morgan fingerprint density at radius 2 is 2.12 bits per heavy atom. The molecule has 0 amide bonds. The molecule has 0 radical (unpaired) electrons. The van der Waals surface area contributed by atoms with Crippen molar-refractivity contribution in [1.29, 1.82) is 0 Å². The average Bonchev–Trinajstić information content (AvgIpc) is 2.99. The fraction of sp³-hybridized carbons (Fsp3) is 0.462. The molecule has 2 rings (SSSR count). The van der Waals surface area contributed by atoms with Gasteiger partial charge in [0, 0.05) is 4.47 Å². The van der Waals surface area contributed by atoms with Crippen LogP contribution in [-0.4, -0.2) is 6.08 Å². The second-order valence-electron chi connectivity index (χ2n) is 4.62. The maximum absolute atomic E-state index is 10.5. The number of nitrogens with zero attached hydrogens (tertiary/aromatic N) is 1. The van der Waals surface area contributed by atoms with E-state index in [0.717, 1.165) is 17.3 Å². The van der Waals surface area contributed by atoms with E-state index >= 15 is 0 Å². The molecular weight excluding hydrogens is 266 g/mol. The molecule has 1 fully saturated rings. The van der Waals surface area contributed by atoms with Crippen LogP contribution in [0.5, 0.6) is 0 Å². The molecular formula is C13H14BrNO. The van der Waals surface area contributed by atoms with Gasteiger partial charge in [-0.1, -0.05) is 35.8 Å². The van der Waals surface area contributed by atoms with Crippen LogP contribution in [0.3, 0.4) is 0 Å². The van der Waals surface area contributed by atoms with Crippen molar-refractivity contribution in [1.82, 2.24) is 0 Å². The third kappa shape index (κ3) is 1.98. The Morgan fingerprint density at radius 3 is 2.62 bits per heavy atom. The van der Waals surface area contributed by atoms with Crippen molar-refractivity contribution < 1.29 is 4.79 Å². The van der Waals surface area contributed by atoms with E-state index in [1.807, 2.05) is 6.07 Å². The highest BCUT2D eigenvalue weighted by Crippen LogP contribution is 2.51. The van der Waals surface area contributed by atoms with E-state index in [9.17, 15) is 4.79 Å². The highest BCUT2D eigenvalue weighted by atomic mass is 79.9. The van der Waals surface area contributed by atoms with E-state index in [1.54, 1.807) is 6.08 Å². The first-order valence-electron chi connectivity index (χ1n) is 5.48. The Hall–Kier alpha value is -0.920. The summed E-state index contributed by atoms with van der Waals surface area (Å²) in [6.45, 7) is 4.32. The minimum Gasteiger partial charge on any atom is -0.211 e. The summed E-state index contributed by atoms with van der Waals surface area (Å²) in [4.78, 5) is 14.5. The van der Waals surface area contributed by atoms with Crippen molar-refractivity contribution >= 4 is 22.0 Å². The molecule has 0 heterocycles. The maximum Gasteiger partial charge on any atom is 0.235 e. The molecule has 0 N–H and O–H groups in total. The molecule has 0 atom stereocenters. The molecule has 0 aliphatic heterocycles. The van der Waals surface area contributed by atoms with Crippen molar-refractivity contribution in [3.8, 4) is 0 Å². The standard InChI is InChI=1S/C13H14BrNO/c1-9(2)11-4-3-10(14)7-12(11)13(5-6-13)15-8-16/h3-4,7,9H,5-6H2,1-2H3. The number of carbonyl (C=O) groups excluding carboxylic acids is 1. The lowest BCUT2D eigenvalue weighted by Gasteiger charge is -2.17. The summed E-state index contributed by atoms with van der Waals surface area (Å²) >= 11 is 3.48. The van der Waals surface area contributed by atoms with Gasteiger partial charge in [0.1, 0.15) is 0 Å². The first kappa shape index (κ1) is 11.6. The summed E-state index contributed by atoms with van der Waals surface area (Å²) in [5.74, 6) is 0.447. The molecule has 2 nitrogen and oxygen atoms in total. The zero-order valence-corrected chi connectivity index (χ0v) is 11.0. The second kappa shape index (κ2) is 4.15. The lowest BCUT2D eigenvalue weighted by Crippen LogP contribution is -2.08. The van der Waals surface area contributed by atoms with Gasteiger partial charge in [0.2, 0.25) is 6.08 Å². The first-order chi connectivity index (χ1) is 7.59. The smallest absolute Gasteiger partial charge is 0.211 e. The molecule has 3 heteroatoms. The van der Waals surface area contributed by atoms with E-state index in [0.29, 0.717) is 5.92 Å². The van der Waals surface area contributed by atoms with E-state index in [2.05, 4.69) is 46.9 Å². The summed E-state index contributed by atoms with van der Waals surface area (Å²) in [6, 6.07) is 6.24. The van der Waals surface area contributed by atoms with Crippen molar-refractivity contribution in [3.05, 3.63) is 33.8 Å². The van der Waals surface area contributed by atoms with E-state index in [4.69, 9.17) is 0 Å². The zero-order valence-electron chi connectivity index (χ0n) is 9.46. The second-order valence-corrected chi connectivity index (χ2v) is 5.54. The molecule has 0 bridgehead atoms. The molecule has 16 heavy (non-hydrogen) atoms. The predicted octanol–water partition coefficient (Wildman–Crippen LogP) is 3.90. The highest BCUT2D eigenvalue weighted by molar-refractivity contribution is 9.10. The van der Waals surface area contributed by atoms with Crippen LogP contribution in [0, 0.1) is 0 Å². The molecule has 0 saturated heterocycles. The molecule has 0 aromatic heterocycles. The third-order valence-electron chi connectivity index (χ3n) is 3.12. The van der Waals surface area contributed by atoms with E-state index in [-0.39, 0.29) is 5.54 Å². The first-order valence-corrected chi connectivity index (χ1v) is 6.27. The monoisotopic (exact) mass is 279 g/mol. The zero-order chi connectivity index (χ0) is 11.8. The Bertz CT molecular complexity index is 457. The van der Waals surface area contributed by atoms with Crippen LogP contribution in [0.25, 0.3) is 0 Å². The van der Waals surface area contributed by atoms with Crippen LogP contribution < -0.4 is 0 Å². The average molecular weight is 280 g/mol. The summed E-state index contributed by atoms with van der Waals surface area (Å²) < 4.78 is 1.04. The van der Waals surface area contributed by atoms with Gasteiger partial charge in [-0.15, -0.1) is 0 Å². The minimum absolute atomic E-state index is 0.273. The normalized spacial score (nSPS) is 17.0. The van der Waals surface area contributed by atoms with E-state index in [1.165, 1.54) is 11.1 Å². The molecule has 1 aromatic rings. The maximum atomic E-state index is 10.5. The SMILES string of the molecule is CC(C)c1ccc(Br)cc1C1(N=C=O)CC1. The van der Waals surface area contributed by atoms with Crippen molar-refractivity contribution in [2.45, 2.75) is 38.1 Å². The van der Waals surface area contributed by atoms with Gasteiger partial charge < -0.3 is 0 Å². The van der Waals surface area contributed by atoms with Gasteiger partial charge in [-0.05, 0) is 42.0 Å². The molecule has 84 valence electrons. The molecule has 0 unspecified atom stereocenters. The summed E-state index contributed by atoms with van der Waals surface area (Å²) in [7, 11) is 0. The number of benzene rings is 1. The van der Waals surface area contributed by atoms with Gasteiger partial charge in [-0.3, -0.25) is 0 Å². The van der Waals surface area contributed by atoms with Crippen LogP contribution in [-0.2, 0) is 10.3 Å². The van der Waals surface area contributed by atoms with Crippen molar-refractivity contribution in [3.63, 3.8) is 0 Å². The quantitative estimate of drug-likeness (QED) is 0.610. The van der Waals surface area contributed by atoms with Crippen LogP contribution in [0.4, 0.5) is 0 Å². The summed E-state index contributed by atoms with van der Waals surface area (Å²) in [5, 5.41) is 0. The van der Waals surface area contributed by atoms with Gasteiger partial charge in [0.15, 0.2) is 0 Å². The van der Waals surface area contributed by atoms with Crippen LogP contribution >= 0.6 is 15.9 Å². The Kier molecular flexibility index (Phi) is 3.00. The van der Waals surface area contributed by atoms with Crippen molar-refractivity contribution in [2.75, 3.05) is 0 Å². The Labute approximate surface area is 104 Å². The van der Waals surface area contributed by atoms with E-state index < -0.39 is 0 Å².